The molecule has 0 bridgehead atoms. The highest BCUT2D eigenvalue weighted by Crippen LogP contribution is 2.53. The monoisotopic (exact) mass is 492 g/mol. The van der Waals surface area contributed by atoms with Crippen molar-refractivity contribution < 1.29 is 22.7 Å². The Hall–Kier alpha value is -1.80. The maximum atomic E-state index is 13.1. The molecule has 7 heteroatoms. The number of hydrogen-bond acceptors (Lipinski definition) is 5. The Morgan fingerprint density at radius 3 is 2.15 bits per heavy atom. The normalized spacial score (nSPS) is 13.4. The molecule has 33 heavy (non-hydrogen) atoms. The minimum atomic E-state index is -3.38. The highest BCUT2D eigenvalue weighted by Gasteiger charge is 2.26. The van der Waals surface area contributed by atoms with Crippen molar-refractivity contribution >= 4 is 20.5 Å². The first-order chi connectivity index (χ1) is 15.4. The van der Waals surface area contributed by atoms with E-state index in [0.29, 0.717) is 17.1 Å². The number of allylic oxidation sites excluding steroid dienone is 1. The van der Waals surface area contributed by atoms with E-state index in [-0.39, 0.29) is 6.61 Å². The third kappa shape index (κ3) is 8.18. The van der Waals surface area contributed by atoms with Crippen LogP contribution in [0.1, 0.15) is 56.7 Å². The summed E-state index contributed by atoms with van der Waals surface area (Å²) in [6.45, 7) is 16.9. The zero-order valence-corrected chi connectivity index (χ0v) is 22.9. The van der Waals surface area contributed by atoms with E-state index in [1.54, 1.807) is 20.3 Å². The molecule has 0 aromatic heterocycles. The van der Waals surface area contributed by atoms with Gasteiger partial charge >= 0.3 is 7.60 Å². The summed E-state index contributed by atoms with van der Waals surface area (Å²) in [6.07, 6.45) is 4.00. The van der Waals surface area contributed by atoms with Crippen LogP contribution >= 0.6 is 15.0 Å². The van der Waals surface area contributed by atoms with E-state index in [2.05, 4.69) is 13.5 Å². The molecular formula is C26H38O5P2. The lowest BCUT2D eigenvalue weighted by molar-refractivity contribution is 0.285. The molecule has 0 fully saturated rings. The summed E-state index contributed by atoms with van der Waals surface area (Å²) in [7, 11) is -6.28. The summed E-state index contributed by atoms with van der Waals surface area (Å²) in [6, 6.07) is 9.88. The predicted octanol–water partition coefficient (Wildman–Crippen LogP) is 8.58. The zero-order valence-electron chi connectivity index (χ0n) is 21.1. The molecule has 2 rings (SSSR count). The fraction of sp³-hybridized carbons (Fsp3) is 0.462. The quantitative estimate of drug-likeness (QED) is 0.219. The smallest absolute Gasteiger partial charge is 0.376 e. The van der Waals surface area contributed by atoms with Gasteiger partial charge in [0, 0.05) is 20.0 Å². The Morgan fingerprint density at radius 2 is 1.61 bits per heavy atom. The molecule has 2 aromatic carbocycles. The highest BCUT2D eigenvalue weighted by molar-refractivity contribution is 7.57. The van der Waals surface area contributed by atoms with Crippen LogP contribution in [0.2, 0.25) is 0 Å². The number of aryl methyl sites for hydroxylation is 2. The van der Waals surface area contributed by atoms with E-state index in [1.807, 2.05) is 44.2 Å². The van der Waals surface area contributed by atoms with E-state index >= 15 is 0 Å². The van der Waals surface area contributed by atoms with Crippen molar-refractivity contribution in [1.29, 1.82) is 0 Å². The predicted molar refractivity (Wildman–Crippen MR) is 140 cm³/mol. The molecule has 0 aliphatic rings. The van der Waals surface area contributed by atoms with E-state index in [1.165, 1.54) is 6.66 Å². The van der Waals surface area contributed by atoms with Gasteiger partial charge in [-0.1, -0.05) is 55.7 Å². The first-order valence-electron chi connectivity index (χ1n) is 11.5. The Kier molecular flexibility index (Phi) is 9.61. The average molecular weight is 493 g/mol. The topological polar surface area (TPSA) is 61.8 Å². The van der Waals surface area contributed by atoms with Crippen molar-refractivity contribution in [3.05, 3.63) is 53.6 Å². The third-order valence-electron chi connectivity index (χ3n) is 5.04. The summed E-state index contributed by atoms with van der Waals surface area (Å²) in [5.74, 6) is 0.858. The molecule has 1 atom stereocenters. The fourth-order valence-corrected chi connectivity index (χ4v) is 5.33. The van der Waals surface area contributed by atoms with Crippen LogP contribution in [-0.4, -0.2) is 26.6 Å². The molecule has 0 aliphatic carbocycles. The van der Waals surface area contributed by atoms with Gasteiger partial charge in [0.05, 0.1) is 12.2 Å². The summed E-state index contributed by atoms with van der Waals surface area (Å²) >= 11 is 0. The summed E-state index contributed by atoms with van der Waals surface area (Å²) < 4.78 is 43.3. The Balaban J connectivity index is 2.85. The van der Waals surface area contributed by atoms with Crippen LogP contribution in [0.15, 0.2) is 36.9 Å². The zero-order chi connectivity index (χ0) is 24.8. The SMILES string of the molecule is C=C(C)c1ccc(C)cc1-c1c(OP(C)(C)=O)cc(CCCCC)cc1OP(C)(=O)OCC. The fourth-order valence-electron chi connectivity index (χ4n) is 3.69. The molecule has 0 N–H and O–H groups in total. The molecule has 0 radical (unpaired) electrons. The maximum absolute atomic E-state index is 13.1. The van der Waals surface area contributed by atoms with Crippen LogP contribution in [0.25, 0.3) is 16.7 Å². The molecular weight excluding hydrogens is 454 g/mol. The molecule has 0 aliphatic heterocycles. The first-order valence-corrected chi connectivity index (χ1v) is 16.0. The largest absolute Gasteiger partial charge is 0.442 e. The average Bonchev–Trinajstić information content (AvgIpc) is 2.66. The van der Waals surface area contributed by atoms with Gasteiger partial charge < -0.3 is 13.6 Å². The van der Waals surface area contributed by atoms with Crippen LogP contribution in [0.5, 0.6) is 11.5 Å². The van der Waals surface area contributed by atoms with E-state index < -0.39 is 15.0 Å². The number of benzene rings is 2. The molecule has 0 amide bonds. The highest BCUT2D eigenvalue weighted by atomic mass is 31.2. The van der Waals surface area contributed by atoms with Crippen LogP contribution in [0.3, 0.4) is 0 Å². The minimum absolute atomic E-state index is 0.267. The Bertz CT molecular complexity index is 1080. The van der Waals surface area contributed by atoms with Gasteiger partial charge in [0.1, 0.15) is 11.5 Å². The maximum Gasteiger partial charge on any atom is 0.376 e. The second-order valence-electron chi connectivity index (χ2n) is 8.88. The van der Waals surface area contributed by atoms with Crippen LogP contribution in [-0.2, 0) is 20.1 Å². The van der Waals surface area contributed by atoms with Gasteiger partial charge in [0.25, 0.3) is 0 Å². The Morgan fingerprint density at radius 1 is 0.970 bits per heavy atom. The van der Waals surface area contributed by atoms with Crippen molar-refractivity contribution in [3.8, 4) is 22.6 Å². The van der Waals surface area contributed by atoms with Gasteiger partial charge in [0.2, 0.25) is 7.37 Å². The van der Waals surface area contributed by atoms with Crippen LogP contribution < -0.4 is 9.05 Å². The first kappa shape index (κ1) is 27.4. The molecule has 0 heterocycles. The number of unbranched alkanes of at least 4 members (excludes halogenated alkanes) is 2. The van der Waals surface area contributed by atoms with Gasteiger partial charge in [0.15, 0.2) is 0 Å². The third-order valence-corrected chi connectivity index (χ3v) is 6.94. The summed E-state index contributed by atoms with van der Waals surface area (Å²) in [5, 5.41) is 0. The molecule has 0 saturated heterocycles. The summed E-state index contributed by atoms with van der Waals surface area (Å²) in [5.41, 5.74) is 5.25. The van der Waals surface area contributed by atoms with Crippen LogP contribution in [0.4, 0.5) is 0 Å². The molecule has 0 spiro atoms. The van der Waals surface area contributed by atoms with Gasteiger partial charge in [-0.3, -0.25) is 4.57 Å². The molecule has 1 unspecified atom stereocenters. The van der Waals surface area contributed by atoms with Gasteiger partial charge in [-0.05, 0) is 62.4 Å². The lowest BCUT2D eigenvalue weighted by Crippen LogP contribution is -2.02. The van der Waals surface area contributed by atoms with Gasteiger partial charge in [-0.25, -0.2) is 4.57 Å². The number of hydrogen-bond donors (Lipinski definition) is 0. The lowest BCUT2D eigenvalue weighted by Gasteiger charge is -2.23. The minimum Gasteiger partial charge on any atom is -0.442 e. The lowest BCUT2D eigenvalue weighted by atomic mass is 9.91. The van der Waals surface area contributed by atoms with Crippen molar-refractivity contribution in [2.45, 2.75) is 53.4 Å². The van der Waals surface area contributed by atoms with Gasteiger partial charge in [-0.2, -0.15) is 0 Å². The van der Waals surface area contributed by atoms with E-state index in [0.717, 1.165) is 53.5 Å². The van der Waals surface area contributed by atoms with E-state index in [9.17, 15) is 9.13 Å². The molecule has 5 nitrogen and oxygen atoms in total. The van der Waals surface area contributed by atoms with Crippen molar-refractivity contribution in [1.82, 2.24) is 0 Å². The van der Waals surface area contributed by atoms with E-state index in [4.69, 9.17) is 13.6 Å². The standard InChI is InChI=1S/C26H38O5P2/c1-9-11-12-13-21-17-24(30-32(6,7)27)26(25(18-21)31-33(8,28)29-10-2)23-16-20(5)14-15-22(23)19(3)4/h14-18H,3,9-13H2,1-2,4-8H3. The molecule has 0 saturated carbocycles. The van der Waals surface area contributed by atoms with Crippen molar-refractivity contribution in [2.24, 2.45) is 0 Å². The Labute approximate surface area is 199 Å². The van der Waals surface area contributed by atoms with Gasteiger partial charge in [-0.15, -0.1) is 0 Å². The molecule has 182 valence electrons. The summed E-state index contributed by atoms with van der Waals surface area (Å²) in [4.78, 5) is 0. The van der Waals surface area contributed by atoms with Crippen molar-refractivity contribution in [3.63, 3.8) is 0 Å². The van der Waals surface area contributed by atoms with Crippen molar-refractivity contribution in [2.75, 3.05) is 26.6 Å². The number of rotatable bonds is 12. The van der Waals surface area contributed by atoms with Crippen LogP contribution in [0, 0.1) is 6.92 Å². The molecule has 2 aromatic rings. The second kappa shape index (κ2) is 11.6. The second-order valence-corrected chi connectivity index (χ2v) is 13.5.